The van der Waals surface area contributed by atoms with Gasteiger partial charge in [0.15, 0.2) is 0 Å². The third kappa shape index (κ3) is 5.42. The first-order valence-corrected chi connectivity index (χ1v) is 11.5. The number of thiophene rings is 1. The quantitative estimate of drug-likeness (QED) is 0.532. The highest BCUT2D eigenvalue weighted by molar-refractivity contribution is 9.11. The molecule has 0 spiro atoms. The van der Waals surface area contributed by atoms with Gasteiger partial charge < -0.3 is 10.2 Å². The highest BCUT2D eigenvalue weighted by Crippen LogP contribution is 2.30. The maximum Gasteiger partial charge on any atom is 0.227 e. The SMILES string of the molecule is CN(C)C1CCN(Cc2cccc(Nc3nccc(-c4ccc(Br)s4)n3)c2)CC1. The van der Waals surface area contributed by atoms with Crippen molar-refractivity contribution in [3.8, 4) is 10.6 Å². The summed E-state index contributed by atoms with van der Waals surface area (Å²) in [5.41, 5.74) is 3.27. The van der Waals surface area contributed by atoms with E-state index < -0.39 is 0 Å². The predicted octanol–water partition coefficient (Wildman–Crippen LogP) is 5.24. The van der Waals surface area contributed by atoms with Crippen LogP contribution in [0.2, 0.25) is 0 Å². The monoisotopic (exact) mass is 471 g/mol. The Labute approximate surface area is 184 Å². The van der Waals surface area contributed by atoms with Gasteiger partial charge in [0.25, 0.3) is 0 Å². The largest absolute Gasteiger partial charge is 0.324 e. The number of likely N-dealkylation sites (tertiary alicyclic amines) is 1. The molecular formula is C22H26BrN5S. The molecule has 0 unspecified atom stereocenters. The van der Waals surface area contributed by atoms with E-state index in [1.807, 2.05) is 12.1 Å². The standard InChI is InChI=1S/C22H26BrN5S/c1-27(2)18-9-12-28(13-10-18)15-16-4-3-5-17(14-16)25-22-24-11-8-19(26-22)20-6-7-21(23)29-20/h3-8,11,14,18H,9-10,12-13,15H2,1-2H3,(H,24,25,26). The predicted molar refractivity (Wildman–Crippen MR) is 125 cm³/mol. The molecule has 3 heterocycles. The molecule has 1 saturated heterocycles. The zero-order valence-electron chi connectivity index (χ0n) is 16.8. The van der Waals surface area contributed by atoms with Crippen molar-refractivity contribution in [1.29, 1.82) is 0 Å². The van der Waals surface area contributed by atoms with Crippen LogP contribution in [0.3, 0.4) is 0 Å². The summed E-state index contributed by atoms with van der Waals surface area (Å²) in [5, 5.41) is 3.37. The Balaban J connectivity index is 1.41. The average molecular weight is 472 g/mol. The van der Waals surface area contributed by atoms with E-state index in [0.717, 1.165) is 39.7 Å². The summed E-state index contributed by atoms with van der Waals surface area (Å²) in [4.78, 5) is 15.1. The topological polar surface area (TPSA) is 44.3 Å². The second-order valence-corrected chi connectivity index (χ2v) is 10.1. The Morgan fingerprint density at radius 1 is 1.17 bits per heavy atom. The molecule has 1 aliphatic rings. The van der Waals surface area contributed by atoms with Crippen LogP contribution < -0.4 is 5.32 Å². The summed E-state index contributed by atoms with van der Waals surface area (Å²) in [5.74, 6) is 0.621. The molecule has 0 radical (unpaired) electrons. The molecule has 0 bridgehead atoms. The molecule has 152 valence electrons. The summed E-state index contributed by atoms with van der Waals surface area (Å²) in [6.45, 7) is 3.30. The lowest BCUT2D eigenvalue weighted by molar-refractivity contribution is 0.140. The van der Waals surface area contributed by atoms with Crippen LogP contribution in [0, 0.1) is 0 Å². The van der Waals surface area contributed by atoms with Gasteiger partial charge in [0.2, 0.25) is 5.95 Å². The summed E-state index contributed by atoms with van der Waals surface area (Å²) in [7, 11) is 4.37. The molecule has 4 rings (SSSR count). The molecule has 0 aliphatic carbocycles. The van der Waals surface area contributed by atoms with Crippen LogP contribution in [0.5, 0.6) is 0 Å². The van der Waals surface area contributed by atoms with E-state index in [9.17, 15) is 0 Å². The fourth-order valence-corrected chi connectivity index (χ4v) is 5.09. The first-order chi connectivity index (χ1) is 14.1. The van der Waals surface area contributed by atoms with Crippen LogP contribution >= 0.6 is 27.3 Å². The second kappa shape index (κ2) is 9.34. The normalized spacial score (nSPS) is 15.7. The highest BCUT2D eigenvalue weighted by Gasteiger charge is 2.20. The van der Waals surface area contributed by atoms with Crippen LogP contribution in [0.15, 0.2) is 52.4 Å². The molecule has 2 aromatic heterocycles. The van der Waals surface area contributed by atoms with E-state index >= 15 is 0 Å². The van der Waals surface area contributed by atoms with Gasteiger partial charge in [0, 0.05) is 24.5 Å². The summed E-state index contributed by atoms with van der Waals surface area (Å²) in [6.07, 6.45) is 4.28. The van der Waals surface area contributed by atoms with Gasteiger partial charge in [-0.1, -0.05) is 12.1 Å². The molecule has 3 aromatic rings. The van der Waals surface area contributed by atoms with Gasteiger partial charge in [0.05, 0.1) is 14.4 Å². The molecule has 1 aromatic carbocycles. The van der Waals surface area contributed by atoms with Crippen molar-refractivity contribution < 1.29 is 0 Å². The first kappa shape index (κ1) is 20.5. The number of piperidine rings is 1. The molecule has 0 amide bonds. The number of benzene rings is 1. The molecule has 7 heteroatoms. The zero-order chi connectivity index (χ0) is 20.2. The van der Waals surface area contributed by atoms with Crippen LogP contribution in [0.1, 0.15) is 18.4 Å². The van der Waals surface area contributed by atoms with Gasteiger partial charge in [-0.3, -0.25) is 4.90 Å². The number of aromatic nitrogens is 2. The molecule has 29 heavy (non-hydrogen) atoms. The van der Waals surface area contributed by atoms with E-state index in [0.29, 0.717) is 12.0 Å². The molecule has 1 fully saturated rings. The number of rotatable bonds is 6. The number of hydrogen-bond acceptors (Lipinski definition) is 6. The fourth-order valence-electron chi connectivity index (χ4n) is 3.74. The third-order valence-electron chi connectivity index (χ3n) is 5.36. The molecule has 1 aliphatic heterocycles. The lowest BCUT2D eigenvalue weighted by atomic mass is 10.0. The number of hydrogen-bond donors (Lipinski definition) is 1. The fraction of sp³-hybridized carbons (Fsp3) is 0.364. The highest BCUT2D eigenvalue weighted by atomic mass is 79.9. The van der Waals surface area contributed by atoms with Gasteiger partial charge in [-0.2, -0.15) is 0 Å². The molecule has 5 nitrogen and oxygen atoms in total. The van der Waals surface area contributed by atoms with Crippen molar-refractivity contribution in [3.63, 3.8) is 0 Å². The van der Waals surface area contributed by atoms with Crippen molar-refractivity contribution in [2.24, 2.45) is 0 Å². The minimum Gasteiger partial charge on any atom is -0.324 e. The molecular weight excluding hydrogens is 446 g/mol. The van der Waals surface area contributed by atoms with Crippen molar-refractivity contribution >= 4 is 38.9 Å². The second-order valence-electron chi connectivity index (χ2n) is 7.67. The number of anilines is 2. The Morgan fingerprint density at radius 3 is 2.72 bits per heavy atom. The van der Waals surface area contributed by atoms with Crippen LogP contribution in [0.25, 0.3) is 10.6 Å². The van der Waals surface area contributed by atoms with Crippen molar-refractivity contribution in [2.75, 3.05) is 32.5 Å². The maximum absolute atomic E-state index is 4.67. The van der Waals surface area contributed by atoms with Gasteiger partial charge >= 0.3 is 0 Å². The van der Waals surface area contributed by atoms with E-state index in [-0.39, 0.29) is 0 Å². The number of halogens is 1. The smallest absolute Gasteiger partial charge is 0.227 e. The van der Waals surface area contributed by atoms with Crippen molar-refractivity contribution in [1.82, 2.24) is 19.8 Å². The van der Waals surface area contributed by atoms with Crippen LogP contribution in [-0.2, 0) is 6.54 Å². The zero-order valence-corrected chi connectivity index (χ0v) is 19.2. The summed E-state index contributed by atoms with van der Waals surface area (Å²) >= 11 is 5.18. The average Bonchev–Trinajstić information content (AvgIpc) is 3.15. The van der Waals surface area contributed by atoms with Crippen LogP contribution in [-0.4, -0.2) is 53.0 Å². The van der Waals surface area contributed by atoms with Crippen molar-refractivity contribution in [2.45, 2.75) is 25.4 Å². The molecule has 0 saturated carbocycles. The van der Waals surface area contributed by atoms with Crippen molar-refractivity contribution in [3.05, 3.63) is 58.0 Å². The van der Waals surface area contributed by atoms with Crippen LogP contribution in [0.4, 0.5) is 11.6 Å². The van der Waals surface area contributed by atoms with Gasteiger partial charge in [-0.15, -0.1) is 11.3 Å². The summed E-state index contributed by atoms with van der Waals surface area (Å²) < 4.78 is 1.10. The molecule has 1 N–H and O–H groups in total. The van der Waals surface area contributed by atoms with E-state index in [4.69, 9.17) is 0 Å². The van der Waals surface area contributed by atoms with Gasteiger partial charge in [-0.05, 0) is 91.9 Å². The minimum absolute atomic E-state index is 0.621. The Kier molecular flexibility index (Phi) is 6.60. The Hall–Kier alpha value is -1.80. The Morgan fingerprint density at radius 2 is 2.00 bits per heavy atom. The summed E-state index contributed by atoms with van der Waals surface area (Å²) in [6, 6.07) is 15.3. The van der Waals surface area contributed by atoms with E-state index in [1.54, 1.807) is 17.5 Å². The van der Waals surface area contributed by atoms with E-state index in [2.05, 4.69) is 85.4 Å². The minimum atomic E-state index is 0.621. The number of nitrogens with one attached hydrogen (secondary N) is 1. The maximum atomic E-state index is 4.67. The first-order valence-electron chi connectivity index (χ1n) is 9.90. The lowest BCUT2D eigenvalue weighted by Gasteiger charge is -2.35. The van der Waals surface area contributed by atoms with Gasteiger partial charge in [-0.25, -0.2) is 9.97 Å². The Bertz CT molecular complexity index is 950. The lowest BCUT2D eigenvalue weighted by Crippen LogP contribution is -2.41. The third-order valence-corrected chi connectivity index (χ3v) is 7.00. The van der Waals surface area contributed by atoms with Gasteiger partial charge in [0.1, 0.15) is 0 Å². The number of nitrogens with zero attached hydrogens (tertiary/aromatic N) is 4. The van der Waals surface area contributed by atoms with E-state index in [1.165, 1.54) is 18.4 Å². The molecule has 0 atom stereocenters.